The smallest absolute Gasteiger partial charge is 0.264 e. The van der Waals surface area contributed by atoms with Crippen LogP contribution in [0.2, 0.25) is 0 Å². The first-order valence-corrected chi connectivity index (χ1v) is 19.5. The van der Waals surface area contributed by atoms with E-state index in [-0.39, 0.29) is 11.7 Å². The quantitative estimate of drug-likeness (QED) is 0.364. The summed E-state index contributed by atoms with van der Waals surface area (Å²) in [5.74, 6) is 0.483. The van der Waals surface area contributed by atoms with Gasteiger partial charge in [-0.1, -0.05) is 25.3 Å². The maximum absolute atomic E-state index is 14.9. The number of hydrogen-bond acceptors (Lipinski definition) is 6. The minimum Gasteiger partial charge on any atom is -0.497 e. The van der Waals surface area contributed by atoms with Crippen molar-refractivity contribution in [1.82, 2.24) is 18.5 Å². The van der Waals surface area contributed by atoms with Gasteiger partial charge in [-0.15, -0.1) is 0 Å². The Morgan fingerprint density at radius 3 is 2.46 bits per heavy atom. The number of aromatic nitrogens is 1. The molecular weight excluding hydrogens is 621 g/mol. The standard InChI is InChI=1S/C35H46N4O5S2/c1-6-46(42,43)36-34(40)25-12-14-28-31(16-25)39-21-35(45(41)38-19-22(2)37(4)23(3)20-38)18-30(35)29-17-26(44-5)13-15-27(29)33(39)32(28)24-10-8-7-9-11-24/h12-17,22-24,30H,6-11,18-21H2,1-5H3,(H,36,40). The molecule has 0 bridgehead atoms. The van der Waals surface area contributed by atoms with E-state index in [0.29, 0.717) is 30.1 Å². The van der Waals surface area contributed by atoms with Crippen LogP contribution in [0.4, 0.5) is 0 Å². The fourth-order valence-corrected chi connectivity index (χ4v) is 11.0. The van der Waals surface area contributed by atoms with Gasteiger partial charge in [-0.25, -0.2) is 21.7 Å². The number of rotatable bonds is 7. The summed E-state index contributed by atoms with van der Waals surface area (Å²) in [7, 11) is -1.13. The average molecular weight is 667 g/mol. The van der Waals surface area contributed by atoms with Crippen molar-refractivity contribution in [3.63, 3.8) is 0 Å². The van der Waals surface area contributed by atoms with E-state index in [1.807, 2.05) is 18.2 Å². The number of piperazine rings is 1. The molecule has 3 heterocycles. The largest absolute Gasteiger partial charge is 0.497 e. The van der Waals surface area contributed by atoms with E-state index in [0.717, 1.165) is 60.3 Å². The van der Waals surface area contributed by atoms with E-state index in [1.165, 1.54) is 37.3 Å². The predicted octanol–water partition coefficient (Wildman–Crippen LogP) is 5.37. The molecule has 0 spiro atoms. The van der Waals surface area contributed by atoms with Crippen LogP contribution >= 0.6 is 0 Å². The van der Waals surface area contributed by atoms with E-state index in [2.05, 4.69) is 51.5 Å². The van der Waals surface area contributed by atoms with Crippen molar-refractivity contribution < 1.29 is 22.2 Å². The number of carbonyl (C=O) groups excluding carboxylic acids is 1. The summed E-state index contributed by atoms with van der Waals surface area (Å²) in [6.45, 7) is 7.98. The zero-order valence-electron chi connectivity index (χ0n) is 27.5. The first kappa shape index (κ1) is 31.8. The summed E-state index contributed by atoms with van der Waals surface area (Å²) in [5.41, 5.74) is 6.01. The molecule has 5 atom stereocenters. The number of likely N-dealkylation sites (N-methyl/N-ethyl adjacent to an activating group) is 1. The number of benzene rings is 2. The molecule has 3 aromatic rings. The molecule has 2 saturated carbocycles. The SMILES string of the molecule is CCS(=O)(=O)NC(=O)c1ccc2c(C3CCCCC3)c3n(c2c1)CC1(S(=O)N2CC(C)N(C)C(C)C2)CC1c1cc(OC)ccc1-3. The highest BCUT2D eigenvalue weighted by atomic mass is 32.2. The Morgan fingerprint density at radius 1 is 1.07 bits per heavy atom. The van der Waals surface area contributed by atoms with Gasteiger partial charge in [-0.3, -0.25) is 9.69 Å². The minimum atomic E-state index is -3.72. The Bertz CT molecular complexity index is 1820. The van der Waals surface area contributed by atoms with Crippen LogP contribution in [-0.4, -0.2) is 82.1 Å². The molecule has 9 nitrogen and oxygen atoms in total. The van der Waals surface area contributed by atoms with Gasteiger partial charge in [0, 0.05) is 59.7 Å². The molecule has 46 heavy (non-hydrogen) atoms. The molecule has 2 aromatic carbocycles. The zero-order chi connectivity index (χ0) is 32.5. The van der Waals surface area contributed by atoms with Gasteiger partial charge in [-0.05, 0) is 94.5 Å². The Labute approximate surface area is 275 Å². The third kappa shape index (κ3) is 5.22. The van der Waals surface area contributed by atoms with E-state index in [1.54, 1.807) is 13.2 Å². The van der Waals surface area contributed by atoms with Gasteiger partial charge in [0.2, 0.25) is 10.0 Å². The van der Waals surface area contributed by atoms with Crippen LogP contribution in [0, 0.1) is 0 Å². The van der Waals surface area contributed by atoms with Crippen molar-refractivity contribution in [3.8, 4) is 17.0 Å². The second kappa shape index (κ2) is 11.8. The normalized spacial score (nSPS) is 27.7. The molecular formula is C35H46N4O5S2. The third-order valence-electron chi connectivity index (χ3n) is 11.3. The van der Waals surface area contributed by atoms with E-state index in [4.69, 9.17) is 4.74 Å². The fraction of sp³-hybridized carbons (Fsp3) is 0.571. The van der Waals surface area contributed by atoms with Gasteiger partial charge < -0.3 is 9.30 Å². The molecule has 2 aliphatic heterocycles. The maximum Gasteiger partial charge on any atom is 0.264 e. The number of methoxy groups -OCH3 is 1. The van der Waals surface area contributed by atoms with Crippen LogP contribution in [0.15, 0.2) is 36.4 Å². The van der Waals surface area contributed by atoms with Crippen LogP contribution < -0.4 is 9.46 Å². The summed E-state index contributed by atoms with van der Waals surface area (Å²) < 4.78 is 51.5. The second-order valence-electron chi connectivity index (χ2n) is 14.0. The molecule has 2 aliphatic carbocycles. The first-order valence-electron chi connectivity index (χ1n) is 16.8. The lowest BCUT2D eigenvalue weighted by atomic mass is 9.81. The molecule has 3 fully saturated rings. The molecule has 0 radical (unpaired) electrons. The lowest BCUT2D eigenvalue weighted by Crippen LogP contribution is -2.57. The Hall–Kier alpha value is -2.73. The summed E-state index contributed by atoms with van der Waals surface area (Å²) in [6.07, 6.45) is 6.61. The van der Waals surface area contributed by atoms with Crippen molar-refractivity contribution in [2.24, 2.45) is 0 Å². The topological polar surface area (TPSA) is 101 Å². The van der Waals surface area contributed by atoms with Crippen molar-refractivity contribution in [3.05, 3.63) is 53.1 Å². The van der Waals surface area contributed by atoms with Crippen molar-refractivity contribution >= 4 is 37.8 Å². The van der Waals surface area contributed by atoms with Crippen molar-refractivity contribution in [2.75, 3.05) is 33.0 Å². The number of nitrogens with one attached hydrogen (secondary N) is 1. The van der Waals surface area contributed by atoms with Gasteiger partial charge in [0.05, 0.1) is 23.3 Å². The van der Waals surface area contributed by atoms with Crippen LogP contribution in [0.3, 0.4) is 0 Å². The molecule has 4 aliphatic rings. The molecule has 248 valence electrons. The molecule has 11 heteroatoms. The molecule has 1 saturated heterocycles. The highest BCUT2D eigenvalue weighted by Crippen LogP contribution is 2.63. The number of nitrogens with zero attached hydrogens (tertiary/aromatic N) is 3. The lowest BCUT2D eigenvalue weighted by molar-refractivity contribution is 0.0981. The second-order valence-corrected chi connectivity index (χ2v) is 17.8. The molecule has 7 rings (SSSR count). The maximum atomic E-state index is 14.9. The van der Waals surface area contributed by atoms with Crippen LogP contribution in [0.1, 0.15) is 92.6 Å². The summed E-state index contributed by atoms with van der Waals surface area (Å²) in [4.78, 5) is 15.6. The third-order valence-corrected chi connectivity index (χ3v) is 14.6. The van der Waals surface area contributed by atoms with Crippen LogP contribution in [0.5, 0.6) is 5.75 Å². The number of sulfonamides is 1. The highest BCUT2D eigenvalue weighted by molar-refractivity contribution is 7.90. The van der Waals surface area contributed by atoms with Crippen molar-refractivity contribution in [1.29, 1.82) is 0 Å². The summed E-state index contributed by atoms with van der Waals surface area (Å²) in [5, 5.41) is 1.10. The summed E-state index contributed by atoms with van der Waals surface area (Å²) in [6, 6.07) is 12.6. The van der Waals surface area contributed by atoms with Crippen LogP contribution in [-0.2, 0) is 27.6 Å². The number of carbonyl (C=O) groups is 1. The van der Waals surface area contributed by atoms with E-state index >= 15 is 0 Å². The number of ether oxygens (including phenoxy) is 1. The number of amides is 1. The predicted molar refractivity (Wildman–Crippen MR) is 183 cm³/mol. The Morgan fingerprint density at radius 2 is 1.78 bits per heavy atom. The average Bonchev–Trinajstić information content (AvgIpc) is 3.72. The van der Waals surface area contributed by atoms with Crippen molar-refractivity contribution in [2.45, 2.75) is 94.5 Å². The molecule has 1 N–H and O–H groups in total. The van der Waals surface area contributed by atoms with Gasteiger partial charge in [0.25, 0.3) is 5.91 Å². The van der Waals surface area contributed by atoms with E-state index < -0.39 is 31.7 Å². The number of hydrogen-bond donors (Lipinski definition) is 1. The number of fused-ring (bicyclic) bond motifs is 7. The lowest BCUT2D eigenvalue weighted by Gasteiger charge is -2.42. The van der Waals surface area contributed by atoms with Crippen LogP contribution in [0.25, 0.3) is 22.2 Å². The zero-order valence-corrected chi connectivity index (χ0v) is 29.2. The minimum absolute atomic E-state index is 0.110. The Kier molecular flexibility index (Phi) is 8.14. The van der Waals surface area contributed by atoms with Gasteiger partial charge in [-0.2, -0.15) is 0 Å². The molecule has 1 amide bonds. The molecule has 5 unspecified atom stereocenters. The van der Waals surface area contributed by atoms with Gasteiger partial charge >= 0.3 is 0 Å². The first-order chi connectivity index (χ1) is 22.0. The molecule has 1 aromatic heterocycles. The monoisotopic (exact) mass is 666 g/mol. The van der Waals surface area contributed by atoms with Gasteiger partial charge in [0.1, 0.15) is 16.7 Å². The Balaban J connectivity index is 1.43. The van der Waals surface area contributed by atoms with Gasteiger partial charge in [0.15, 0.2) is 0 Å². The summed E-state index contributed by atoms with van der Waals surface area (Å²) >= 11 is 0. The highest BCUT2D eigenvalue weighted by Gasteiger charge is 2.63. The fourth-order valence-electron chi connectivity index (χ4n) is 8.34. The van der Waals surface area contributed by atoms with E-state index in [9.17, 15) is 17.4 Å².